The fourth-order valence-corrected chi connectivity index (χ4v) is 6.92. The highest BCUT2D eigenvalue weighted by Gasteiger charge is 2.45. The summed E-state index contributed by atoms with van der Waals surface area (Å²) in [4.78, 5) is 16.2. The van der Waals surface area contributed by atoms with Crippen molar-refractivity contribution in [2.75, 3.05) is 6.61 Å². The Hall–Kier alpha value is -3.42. The van der Waals surface area contributed by atoms with Crippen LogP contribution in [0.4, 0.5) is 0 Å². The number of hydrogen-bond acceptors (Lipinski definition) is 5. The fraction of sp³-hybridized carbons (Fsp3) is 0.192. The topological polar surface area (TPSA) is 104 Å². The molecule has 1 unspecified atom stereocenters. The predicted octanol–water partition coefficient (Wildman–Crippen LogP) is 4.75. The molecule has 0 saturated carbocycles. The maximum absolute atomic E-state index is 14.5. The third kappa shape index (κ3) is 4.37. The van der Waals surface area contributed by atoms with Crippen LogP contribution in [-0.4, -0.2) is 33.4 Å². The molecule has 0 saturated heterocycles. The number of carbonyl (C=O) groups is 1. The first kappa shape index (κ1) is 23.3. The van der Waals surface area contributed by atoms with Crippen LogP contribution in [0.25, 0.3) is 10.9 Å². The molecular formula is C26H26N3O5P. The highest BCUT2D eigenvalue weighted by Crippen LogP contribution is 2.54. The second kappa shape index (κ2) is 9.68. The molecule has 3 aromatic carbocycles. The average Bonchev–Trinajstić information content (AvgIpc) is 3.26. The Morgan fingerprint density at radius 2 is 1.74 bits per heavy atom. The van der Waals surface area contributed by atoms with Gasteiger partial charge in [-0.15, -0.1) is 0 Å². The van der Waals surface area contributed by atoms with E-state index in [1.54, 1.807) is 41.3 Å². The predicted molar refractivity (Wildman–Crippen MR) is 133 cm³/mol. The van der Waals surface area contributed by atoms with Gasteiger partial charge in [0, 0.05) is 23.1 Å². The Morgan fingerprint density at radius 1 is 1.06 bits per heavy atom. The van der Waals surface area contributed by atoms with Gasteiger partial charge in [-0.1, -0.05) is 36.4 Å². The van der Waals surface area contributed by atoms with E-state index in [1.165, 1.54) is 0 Å². The van der Waals surface area contributed by atoms with Gasteiger partial charge in [-0.25, -0.2) is 10.2 Å². The van der Waals surface area contributed by atoms with Gasteiger partial charge in [0.2, 0.25) is 0 Å². The number of carbonyl (C=O) groups excluding carboxylic acids is 1. The van der Waals surface area contributed by atoms with E-state index in [0.717, 1.165) is 22.2 Å². The van der Waals surface area contributed by atoms with Gasteiger partial charge in [0.05, 0.1) is 11.9 Å². The summed E-state index contributed by atoms with van der Waals surface area (Å²) in [5.74, 6) is 0.643. The average molecular weight is 491 g/mol. The molecule has 0 spiro atoms. The Labute approximate surface area is 202 Å². The summed E-state index contributed by atoms with van der Waals surface area (Å²) in [5.41, 5.74) is 4.54. The molecule has 9 heteroatoms. The molecule has 0 bridgehead atoms. The molecule has 1 aliphatic rings. The van der Waals surface area contributed by atoms with Gasteiger partial charge in [-0.05, 0) is 61.4 Å². The lowest BCUT2D eigenvalue weighted by molar-refractivity contribution is -0.133. The molecule has 0 aliphatic carbocycles. The van der Waals surface area contributed by atoms with Crippen LogP contribution in [0.2, 0.25) is 0 Å². The van der Waals surface area contributed by atoms with E-state index in [0.29, 0.717) is 16.8 Å². The zero-order valence-corrected chi connectivity index (χ0v) is 20.1. The SMILES string of the molecule is CCOP(=O)(c1ccc(Oc2ccccc2)cc1)N1Cc2[nH]c3ccccc3c2C[C@@H]1C(=O)NO. The van der Waals surface area contributed by atoms with Crippen LogP contribution in [0, 0.1) is 0 Å². The minimum Gasteiger partial charge on any atom is -0.457 e. The van der Waals surface area contributed by atoms with E-state index < -0.39 is 19.5 Å². The number of para-hydroxylation sites is 2. The molecular weight excluding hydrogens is 465 g/mol. The van der Waals surface area contributed by atoms with Gasteiger partial charge < -0.3 is 14.2 Å². The van der Waals surface area contributed by atoms with Crippen molar-refractivity contribution < 1.29 is 23.8 Å². The summed E-state index contributed by atoms with van der Waals surface area (Å²) < 4.78 is 27.8. The number of benzene rings is 3. The van der Waals surface area contributed by atoms with Gasteiger partial charge in [-0.2, -0.15) is 0 Å². The Morgan fingerprint density at radius 3 is 2.46 bits per heavy atom. The maximum atomic E-state index is 14.5. The highest BCUT2D eigenvalue weighted by molar-refractivity contribution is 7.64. The summed E-state index contributed by atoms with van der Waals surface area (Å²) >= 11 is 0. The molecule has 0 fully saturated rings. The molecule has 8 nitrogen and oxygen atoms in total. The van der Waals surface area contributed by atoms with Crippen LogP contribution >= 0.6 is 7.52 Å². The van der Waals surface area contributed by atoms with Gasteiger partial charge in [0.15, 0.2) is 0 Å². The highest BCUT2D eigenvalue weighted by atomic mass is 31.2. The second-order valence-electron chi connectivity index (χ2n) is 8.27. The van der Waals surface area contributed by atoms with Crippen LogP contribution in [0.15, 0.2) is 78.9 Å². The third-order valence-electron chi connectivity index (χ3n) is 6.18. The van der Waals surface area contributed by atoms with Gasteiger partial charge in [0.25, 0.3) is 5.91 Å². The number of nitrogens with one attached hydrogen (secondary N) is 2. The van der Waals surface area contributed by atoms with Crippen LogP contribution in [0.1, 0.15) is 18.2 Å². The quantitative estimate of drug-likeness (QED) is 0.196. The van der Waals surface area contributed by atoms with Crippen molar-refractivity contribution in [2.45, 2.75) is 25.9 Å². The minimum atomic E-state index is -3.69. The largest absolute Gasteiger partial charge is 0.457 e. The molecule has 0 radical (unpaired) electrons. The number of H-pyrrole nitrogens is 1. The van der Waals surface area contributed by atoms with Crippen LogP contribution in [0.5, 0.6) is 11.5 Å². The Bertz CT molecular complexity index is 1390. The molecule has 1 amide bonds. The Balaban J connectivity index is 1.52. The van der Waals surface area contributed by atoms with E-state index in [2.05, 4.69) is 4.98 Å². The number of hydroxylamine groups is 1. The standard InChI is InChI=1S/C26H26N3O5P/c1-2-33-35(32,20-14-12-19(13-15-20)34-18-8-4-3-5-9-18)29-17-24-22(16-25(29)26(30)28-31)21-10-6-7-11-23(21)27-24/h3-15,25,27,31H,2,16-17H2,1H3,(H,28,30)/t25-,35?/m1/s1. The van der Waals surface area contributed by atoms with Crippen molar-refractivity contribution in [2.24, 2.45) is 0 Å². The third-order valence-corrected chi connectivity index (χ3v) is 8.83. The summed E-state index contributed by atoms with van der Waals surface area (Å²) in [6.07, 6.45) is 0.276. The smallest absolute Gasteiger partial charge is 0.303 e. The van der Waals surface area contributed by atoms with E-state index in [9.17, 15) is 14.6 Å². The van der Waals surface area contributed by atoms with E-state index in [1.807, 2.05) is 54.6 Å². The number of ether oxygens (including phenoxy) is 1. The second-order valence-corrected chi connectivity index (χ2v) is 10.6. The number of rotatable bonds is 7. The zero-order valence-electron chi connectivity index (χ0n) is 19.2. The van der Waals surface area contributed by atoms with Crippen molar-refractivity contribution in [3.8, 4) is 11.5 Å². The zero-order chi connectivity index (χ0) is 24.4. The summed E-state index contributed by atoms with van der Waals surface area (Å²) in [6, 6.07) is 23.2. The number of aromatic nitrogens is 1. The van der Waals surface area contributed by atoms with E-state index in [4.69, 9.17) is 9.26 Å². The molecule has 2 heterocycles. The molecule has 5 rings (SSSR count). The number of nitrogens with zero attached hydrogens (tertiary/aromatic N) is 1. The number of amides is 1. The molecule has 180 valence electrons. The minimum absolute atomic E-state index is 0.184. The normalized spacial score (nSPS) is 17.5. The molecule has 35 heavy (non-hydrogen) atoms. The van der Waals surface area contributed by atoms with Crippen molar-refractivity contribution in [3.05, 3.63) is 90.1 Å². The Kier molecular flexibility index (Phi) is 6.45. The lowest BCUT2D eigenvalue weighted by Crippen LogP contribution is -2.49. The molecule has 4 aromatic rings. The molecule has 3 N–H and O–H groups in total. The van der Waals surface area contributed by atoms with Crippen LogP contribution in [-0.2, 0) is 26.8 Å². The van der Waals surface area contributed by atoms with Crippen molar-refractivity contribution in [1.82, 2.24) is 15.1 Å². The first-order valence-electron chi connectivity index (χ1n) is 11.4. The number of fused-ring (bicyclic) bond motifs is 3. The summed E-state index contributed by atoms with van der Waals surface area (Å²) in [5, 5.41) is 10.9. The van der Waals surface area contributed by atoms with Gasteiger partial charge in [-0.3, -0.25) is 14.6 Å². The summed E-state index contributed by atoms with van der Waals surface area (Å²) in [7, 11) is -3.69. The summed E-state index contributed by atoms with van der Waals surface area (Å²) in [6.45, 7) is 2.14. The van der Waals surface area contributed by atoms with E-state index in [-0.39, 0.29) is 19.6 Å². The fourth-order valence-electron chi connectivity index (χ4n) is 4.57. The van der Waals surface area contributed by atoms with Crippen LogP contribution < -0.4 is 15.5 Å². The van der Waals surface area contributed by atoms with E-state index >= 15 is 0 Å². The maximum Gasteiger partial charge on any atom is 0.303 e. The van der Waals surface area contributed by atoms with Gasteiger partial charge >= 0.3 is 7.52 Å². The molecule has 1 aliphatic heterocycles. The lowest BCUT2D eigenvalue weighted by atomic mass is 9.98. The first-order valence-corrected chi connectivity index (χ1v) is 13.0. The van der Waals surface area contributed by atoms with Gasteiger partial charge in [0.1, 0.15) is 17.5 Å². The van der Waals surface area contributed by atoms with Crippen molar-refractivity contribution in [1.29, 1.82) is 0 Å². The van der Waals surface area contributed by atoms with Crippen molar-refractivity contribution >= 4 is 29.6 Å². The molecule has 1 aromatic heterocycles. The monoisotopic (exact) mass is 491 g/mol. The lowest BCUT2D eigenvalue weighted by Gasteiger charge is -2.38. The van der Waals surface area contributed by atoms with Crippen LogP contribution in [0.3, 0.4) is 0 Å². The first-order chi connectivity index (χ1) is 17.0. The number of aromatic amines is 1. The van der Waals surface area contributed by atoms with Crippen molar-refractivity contribution in [3.63, 3.8) is 0 Å². The number of hydrogen-bond donors (Lipinski definition) is 3. The molecule has 2 atom stereocenters.